The third kappa shape index (κ3) is 4.71. The Morgan fingerprint density at radius 3 is 2.82 bits per heavy atom. The third-order valence-corrected chi connectivity index (χ3v) is 4.72. The van der Waals surface area contributed by atoms with Crippen molar-refractivity contribution < 1.29 is 14.3 Å². The van der Waals surface area contributed by atoms with E-state index < -0.39 is 5.60 Å². The molecule has 1 aliphatic rings. The number of carbonyl (C=O) groups excluding carboxylic acids is 1. The molecule has 0 spiro atoms. The Bertz CT molecular complexity index is 481. The van der Waals surface area contributed by atoms with E-state index in [-0.39, 0.29) is 11.7 Å². The maximum absolute atomic E-state index is 12.2. The molecule has 0 aromatic carbocycles. The van der Waals surface area contributed by atoms with Gasteiger partial charge in [-0.1, -0.05) is 6.92 Å². The van der Waals surface area contributed by atoms with Crippen molar-refractivity contribution in [2.75, 3.05) is 19.7 Å². The summed E-state index contributed by atoms with van der Waals surface area (Å²) in [5, 5.41) is 4.24. The summed E-state index contributed by atoms with van der Waals surface area (Å²) in [5.74, 6) is 0. The number of thiophene rings is 1. The lowest BCUT2D eigenvalue weighted by Gasteiger charge is -2.29. The predicted octanol–water partition coefficient (Wildman–Crippen LogP) is 4.10. The van der Waals surface area contributed by atoms with Crippen molar-refractivity contribution in [1.29, 1.82) is 0 Å². The van der Waals surface area contributed by atoms with E-state index in [1.807, 2.05) is 20.8 Å². The summed E-state index contributed by atoms with van der Waals surface area (Å²) >= 11 is 1.71. The second-order valence-electron chi connectivity index (χ2n) is 6.92. The molecular weight excluding hydrogens is 298 g/mol. The van der Waals surface area contributed by atoms with E-state index in [0.29, 0.717) is 19.7 Å². The Kier molecular flexibility index (Phi) is 5.50. The van der Waals surface area contributed by atoms with Crippen LogP contribution in [0.15, 0.2) is 16.8 Å². The highest BCUT2D eigenvalue weighted by Gasteiger charge is 2.40. The van der Waals surface area contributed by atoms with E-state index in [9.17, 15) is 4.79 Å². The third-order valence-electron chi connectivity index (χ3n) is 3.99. The zero-order valence-electron chi connectivity index (χ0n) is 14.1. The van der Waals surface area contributed by atoms with Crippen LogP contribution in [0.2, 0.25) is 0 Å². The van der Waals surface area contributed by atoms with E-state index in [4.69, 9.17) is 9.47 Å². The van der Waals surface area contributed by atoms with Crippen LogP contribution in [0.5, 0.6) is 0 Å². The van der Waals surface area contributed by atoms with Crippen molar-refractivity contribution in [3.63, 3.8) is 0 Å². The van der Waals surface area contributed by atoms with Gasteiger partial charge in [0.05, 0.1) is 18.8 Å². The molecule has 1 aliphatic heterocycles. The summed E-state index contributed by atoms with van der Waals surface area (Å²) in [4.78, 5) is 14.0. The average Bonchev–Trinajstić information content (AvgIpc) is 3.07. The van der Waals surface area contributed by atoms with E-state index >= 15 is 0 Å². The largest absolute Gasteiger partial charge is 0.444 e. The van der Waals surface area contributed by atoms with Crippen LogP contribution in [-0.4, -0.2) is 41.9 Å². The number of hydrogen-bond donors (Lipinski definition) is 0. The number of amides is 1. The van der Waals surface area contributed by atoms with Crippen molar-refractivity contribution in [2.24, 2.45) is 0 Å². The molecule has 2 rings (SSSR count). The van der Waals surface area contributed by atoms with Crippen LogP contribution in [0.4, 0.5) is 4.79 Å². The molecule has 5 heteroatoms. The Morgan fingerprint density at radius 2 is 2.23 bits per heavy atom. The van der Waals surface area contributed by atoms with Crippen LogP contribution in [0.1, 0.15) is 46.1 Å². The number of likely N-dealkylation sites (tertiary alicyclic amines) is 1. The molecule has 1 fully saturated rings. The molecule has 1 atom stereocenters. The van der Waals surface area contributed by atoms with Gasteiger partial charge >= 0.3 is 6.09 Å². The maximum atomic E-state index is 12.2. The van der Waals surface area contributed by atoms with E-state index in [1.165, 1.54) is 5.56 Å². The van der Waals surface area contributed by atoms with Crippen LogP contribution in [-0.2, 0) is 15.9 Å². The average molecular weight is 325 g/mol. The van der Waals surface area contributed by atoms with Crippen molar-refractivity contribution in [3.05, 3.63) is 22.4 Å². The minimum Gasteiger partial charge on any atom is -0.444 e. The van der Waals surface area contributed by atoms with Gasteiger partial charge in [0.2, 0.25) is 0 Å². The summed E-state index contributed by atoms with van der Waals surface area (Å²) in [5.41, 5.74) is 0.652. The zero-order chi connectivity index (χ0) is 16.2. The summed E-state index contributed by atoms with van der Waals surface area (Å²) in [6, 6.07) is 2.13. The second-order valence-corrected chi connectivity index (χ2v) is 7.70. The fourth-order valence-electron chi connectivity index (χ4n) is 2.66. The van der Waals surface area contributed by atoms with E-state index in [1.54, 1.807) is 16.2 Å². The van der Waals surface area contributed by atoms with Gasteiger partial charge in [-0.25, -0.2) is 4.79 Å². The van der Waals surface area contributed by atoms with Crippen LogP contribution in [0, 0.1) is 0 Å². The minimum absolute atomic E-state index is 0.215. The van der Waals surface area contributed by atoms with Crippen LogP contribution < -0.4 is 0 Å². The Morgan fingerprint density at radius 1 is 1.45 bits per heavy atom. The van der Waals surface area contributed by atoms with Gasteiger partial charge in [0.15, 0.2) is 0 Å². The fourth-order valence-corrected chi connectivity index (χ4v) is 3.36. The first-order valence-corrected chi connectivity index (χ1v) is 8.91. The molecule has 22 heavy (non-hydrogen) atoms. The first-order chi connectivity index (χ1) is 10.3. The van der Waals surface area contributed by atoms with Gasteiger partial charge in [-0.3, -0.25) is 0 Å². The Labute approximate surface area is 137 Å². The highest BCUT2D eigenvalue weighted by atomic mass is 32.1. The molecule has 0 radical (unpaired) electrons. The molecule has 2 heterocycles. The molecule has 1 unspecified atom stereocenters. The lowest BCUT2D eigenvalue weighted by molar-refractivity contribution is -0.0411. The molecule has 1 aromatic rings. The molecule has 0 N–H and O–H groups in total. The Hall–Kier alpha value is -1.07. The monoisotopic (exact) mass is 325 g/mol. The van der Waals surface area contributed by atoms with Crippen molar-refractivity contribution in [3.8, 4) is 0 Å². The van der Waals surface area contributed by atoms with E-state index in [2.05, 4.69) is 23.8 Å². The number of nitrogens with zero attached hydrogens (tertiary/aromatic N) is 1. The molecule has 1 saturated heterocycles. The predicted molar refractivity (Wildman–Crippen MR) is 89.4 cm³/mol. The van der Waals surface area contributed by atoms with Gasteiger partial charge in [-0.2, -0.15) is 11.3 Å². The molecule has 0 aliphatic carbocycles. The summed E-state index contributed by atoms with van der Waals surface area (Å²) < 4.78 is 11.6. The van der Waals surface area contributed by atoms with Gasteiger partial charge in [-0.15, -0.1) is 0 Å². The fraction of sp³-hybridized carbons (Fsp3) is 0.706. The van der Waals surface area contributed by atoms with Gasteiger partial charge < -0.3 is 14.4 Å². The number of hydrogen-bond acceptors (Lipinski definition) is 4. The molecule has 0 saturated carbocycles. The van der Waals surface area contributed by atoms with Crippen molar-refractivity contribution >= 4 is 17.4 Å². The standard InChI is InChI=1S/C17H27NO3S/c1-5-17(20-10-6-14-7-11-22-12-14)8-9-18(13-17)15(19)21-16(2,3)4/h7,11-12H,5-6,8-10,13H2,1-4H3. The molecule has 1 aromatic heterocycles. The molecule has 0 bridgehead atoms. The summed E-state index contributed by atoms with van der Waals surface area (Å²) in [6.07, 6.45) is 2.49. The molecule has 4 nitrogen and oxygen atoms in total. The highest BCUT2D eigenvalue weighted by molar-refractivity contribution is 7.07. The molecular formula is C17H27NO3S. The Balaban J connectivity index is 1.85. The molecule has 1 amide bonds. The SMILES string of the molecule is CCC1(OCCc2ccsc2)CCN(C(=O)OC(C)(C)C)C1. The topological polar surface area (TPSA) is 38.8 Å². The number of rotatable bonds is 5. The molecule has 124 valence electrons. The summed E-state index contributed by atoms with van der Waals surface area (Å²) in [7, 11) is 0. The quantitative estimate of drug-likeness (QED) is 0.818. The van der Waals surface area contributed by atoms with Crippen LogP contribution >= 0.6 is 11.3 Å². The van der Waals surface area contributed by atoms with E-state index in [0.717, 1.165) is 19.3 Å². The van der Waals surface area contributed by atoms with Gasteiger partial charge in [-0.05, 0) is 62.4 Å². The number of ether oxygens (including phenoxy) is 2. The highest BCUT2D eigenvalue weighted by Crippen LogP contribution is 2.30. The normalized spacial score (nSPS) is 22.1. The van der Waals surface area contributed by atoms with Gasteiger partial charge in [0.25, 0.3) is 0 Å². The van der Waals surface area contributed by atoms with Gasteiger partial charge in [0.1, 0.15) is 5.60 Å². The van der Waals surface area contributed by atoms with Crippen LogP contribution in [0.25, 0.3) is 0 Å². The maximum Gasteiger partial charge on any atom is 0.410 e. The number of carbonyl (C=O) groups is 1. The van der Waals surface area contributed by atoms with Crippen molar-refractivity contribution in [1.82, 2.24) is 4.90 Å². The smallest absolute Gasteiger partial charge is 0.410 e. The first-order valence-electron chi connectivity index (χ1n) is 7.96. The lowest BCUT2D eigenvalue weighted by Crippen LogP contribution is -2.40. The summed E-state index contributed by atoms with van der Waals surface area (Å²) in [6.45, 7) is 9.85. The van der Waals surface area contributed by atoms with Crippen molar-refractivity contribution in [2.45, 2.75) is 58.2 Å². The minimum atomic E-state index is -0.450. The van der Waals surface area contributed by atoms with Gasteiger partial charge in [0, 0.05) is 6.54 Å². The zero-order valence-corrected chi connectivity index (χ0v) is 14.9. The second kappa shape index (κ2) is 7.01. The first kappa shape index (κ1) is 17.3. The van der Waals surface area contributed by atoms with Crippen LogP contribution in [0.3, 0.4) is 0 Å². The lowest BCUT2D eigenvalue weighted by atomic mass is 10.00.